The summed E-state index contributed by atoms with van der Waals surface area (Å²) in [5.41, 5.74) is 3.96. The van der Waals surface area contributed by atoms with Crippen molar-refractivity contribution in [1.29, 1.82) is 0 Å². The molecule has 1 N–H and O–H groups in total. The molecule has 0 bridgehead atoms. The van der Waals surface area contributed by atoms with Crippen molar-refractivity contribution in [2.24, 2.45) is 0 Å². The molecular formula is C15H21N3. The van der Waals surface area contributed by atoms with E-state index in [9.17, 15) is 0 Å². The minimum absolute atomic E-state index is 0.869. The van der Waals surface area contributed by atoms with Crippen LogP contribution in [-0.2, 0) is 19.6 Å². The lowest BCUT2D eigenvalue weighted by Gasteiger charge is -2.09. The number of benzene rings is 1. The molecule has 2 aromatic rings. The zero-order valence-corrected chi connectivity index (χ0v) is 11.2. The molecule has 0 saturated carbocycles. The van der Waals surface area contributed by atoms with Crippen molar-refractivity contribution in [3.05, 3.63) is 53.6 Å². The fourth-order valence-electron chi connectivity index (χ4n) is 2.07. The predicted molar refractivity (Wildman–Crippen MR) is 74.2 cm³/mol. The van der Waals surface area contributed by atoms with Crippen LogP contribution < -0.4 is 5.32 Å². The average Bonchev–Trinajstić information content (AvgIpc) is 2.80. The van der Waals surface area contributed by atoms with Gasteiger partial charge in [0.2, 0.25) is 0 Å². The van der Waals surface area contributed by atoms with Crippen LogP contribution in [0.3, 0.4) is 0 Å². The molecule has 1 heterocycles. The zero-order valence-electron chi connectivity index (χ0n) is 11.2. The molecular weight excluding hydrogens is 222 g/mol. The van der Waals surface area contributed by atoms with Crippen molar-refractivity contribution in [2.45, 2.75) is 39.9 Å². The number of aryl methyl sites for hydroxylation is 2. The van der Waals surface area contributed by atoms with Crippen LogP contribution in [-0.4, -0.2) is 9.55 Å². The lowest BCUT2D eigenvalue weighted by atomic mass is 10.1. The molecule has 0 aliphatic rings. The fourth-order valence-corrected chi connectivity index (χ4v) is 2.07. The molecule has 2 rings (SSSR count). The topological polar surface area (TPSA) is 29.9 Å². The van der Waals surface area contributed by atoms with Crippen molar-refractivity contribution in [2.75, 3.05) is 0 Å². The third-order valence-corrected chi connectivity index (χ3v) is 3.15. The molecule has 96 valence electrons. The Balaban J connectivity index is 1.88. The van der Waals surface area contributed by atoms with Crippen molar-refractivity contribution >= 4 is 0 Å². The smallest absolute Gasteiger partial charge is 0.0948 e. The number of hydrogen-bond donors (Lipinski definition) is 1. The van der Waals surface area contributed by atoms with Crippen LogP contribution in [0.2, 0.25) is 0 Å². The summed E-state index contributed by atoms with van der Waals surface area (Å²) >= 11 is 0. The molecule has 1 aromatic heterocycles. The van der Waals surface area contributed by atoms with Gasteiger partial charge in [-0.05, 0) is 24.5 Å². The zero-order chi connectivity index (χ0) is 12.8. The van der Waals surface area contributed by atoms with E-state index in [1.165, 1.54) is 16.8 Å². The molecule has 3 nitrogen and oxygen atoms in total. The van der Waals surface area contributed by atoms with E-state index in [-0.39, 0.29) is 0 Å². The van der Waals surface area contributed by atoms with Gasteiger partial charge < -0.3 is 9.88 Å². The first-order valence-corrected chi connectivity index (χ1v) is 6.55. The van der Waals surface area contributed by atoms with E-state index in [0.717, 1.165) is 26.1 Å². The standard InChI is InChI=1S/C15H21N3/c1-3-8-18-12-17-11-15(18)10-16-9-14-7-5-4-6-13(14)2/h4-7,11-12,16H,3,8-10H2,1-2H3. The number of imidazole rings is 1. The lowest BCUT2D eigenvalue weighted by molar-refractivity contribution is 0.600. The van der Waals surface area contributed by atoms with Crippen molar-refractivity contribution < 1.29 is 0 Å². The Morgan fingerprint density at radius 1 is 1.22 bits per heavy atom. The highest BCUT2D eigenvalue weighted by Crippen LogP contribution is 2.07. The molecule has 0 unspecified atom stereocenters. The maximum Gasteiger partial charge on any atom is 0.0948 e. The second kappa shape index (κ2) is 6.36. The Bertz CT molecular complexity index is 488. The maximum atomic E-state index is 4.21. The Hall–Kier alpha value is -1.61. The van der Waals surface area contributed by atoms with Crippen LogP contribution in [0.15, 0.2) is 36.8 Å². The van der Waals surface area contributed by atoms with E-state index < -0.39 is 0 Å². The van der Waals surface area contributed by atoms with Crippen LogP contribution >= 0.6 is 0 Å². The van der Waals surface area contributed by atoms with Crippen molar-refractivity contribution in [3.8, 4) is 0 Å². The second-order valence-electron chi connectivity index (χ2n) is 4.61. The summed E-state index contributed by atoms with van der Waals surface area (Å²) in [7, 11) is 0. The highest BCUT2D eigenvalue weighted by molar-refractivity contribution is 5.25. The summed E-state index contributed by atoms with van der Waals surface area (Å²) < 4.78 is 2.21. The van der Waals surface area contributed by atoms with Gasteiger partial charge in [0.1, 0.15) is 0 Å². The van der Waals surface area contributed by atoms with Crippen molar-refractivity contribution in [1.82, 2.24) is 14.9 Å². The monoisotopic (exact) mass is 243 g/mol. The SMILES string of the molecule is CCCn1cncc1CNCc1ccccc1C. The number of aromatic nitrogens is 2. The minimum Gasteiger partial charge on any atom is -0.333 e. The highest BCUT2D eigenvalue weighted by atomic mass is 15.1. The fraction of sp³-hybridized carbons (Fsp3) is 0.400. The van der Waals surface area contributed by atoms with Gasteiger partial charge in [-0.15, -0.1) is 0 Å². The van der Waals surface area contributed by atoms with E-state index in [1.54, 1.807) is 0 Å². The van der Waals surface area contributed by atoms with Gasteiger partial charge in [-0.1, -0.05) is 31.2 Å². The first-order valence-electron chi connectivity index (χ1n) is 6.55. The van der Waals surface area contributed by atoms with Gasteiger partial charge in [0, 0.05) is 25.8 Å². The molecule has 0 fully saturated rings. The Kier molecular flexibility index (Phi) is 4.53. The Morgan fingerprint density at radius 2 is 2.06 bits per heavy atom. The largest absolute Gasteiger partial charge is 0.333 e. The third-order valence-electron chi connectivity index (χ3n) is 3.15. The molecule has 0 radical (unpaired) electrons. The van der Waals surface area contributed by atoms with Gasteiger partial charge in [0.25, 0.3) is 0 Å². The first-order chi connectivity index (χ1) is 8.81. The number of hydrogen-bond acceptors (Lipinski definition) is 2. The molecule has 0 aliphatic heterocycles. The van der Waals surface area contributed by atoms with Gasteiger partial charge in [0.05, 0.1) is 12.0 Å². The summed E-state index contributed by atoms with van der Waals surface area (Å²) in [5.74, 6) is 0. The van der Waals surface area contributed by atoms with Crippen LogP contribution in [0.4, 0.5) is 0 Å². The van der Waals surface area contributed by atoms with Gasteiger partial charge in [0.15, 0.2) is 0 Å². The third kappa shape index (κ3) is 3.20. The average molecular weight is 243 g/mol. The van der Waals surface area contributed by atoms with Crippen LogP contribution in [0, 0.1) is 6.92 Å². The molecule has 1 aromatic carbocycles. The Morgan fingerprint density at radius 3 is 2.83 bits per heavy atom. The van der Waals surface area contributed by atoms with Gasteiger partial charge in [-0.2, -0.15) is 0 Å². The van der Waals surface area contributed by atoms with E-state index in [0.29, 0.717) is 0 Å². The van der Waals surface area contributed by atoms with E-state index in [1.807, 2.05) is 12.5 Å². The molecule has 0 saturated heterocycles. The molecule has 0 spiro atoms. The summed E-state index contributed by atoms with van der Waals surface area (Å²) in [6.07, 6.45) is 5.00. The van der Waals surface area contributed by atoms with E-state index >= 15 is 0 Å². The minimum atomic E-state index is 0.869. The number of nitrogens with one attached hydrogen (secondary N) is 1. The number of rotatable bonds is 6. The quantitative estimate of drug-likeness (QED) is 0.845. The summed E-state index contributed by atoms with van der Waals surface area (Å²) in [6, 6.07) is 8.49. The summed E-state index contributed by atoms with van der Waals surface area (Å²) in [6.45, 7) is 7.16. The molecule has 18 heavy (non-hydrogen) atoms. The van der Waals surface area contributed by atoms with Crippen molar-refractivity contribution in [3.63, 3.8) is 0 Å². The lowest BCUT2D eigenvalue weighted by Crippen LogP contribution is -2.16. The van der Waals surface area contributed by atoms with E-state index in [2.05, 4.69) is 53.0 Å². The van der Waals surface area contributed by atoms with Gasteiger partial charge in [-0.25, -0.2) is 4.98 Å². The number of nitrogens with zero attached hydrogens (tertiary/aromatic N) is 2. The van der Waals surface area contributed by atoms with E-state index in [4.69, 9.17) is 0 Å². The molecule has 0 atom stereocenters. The maximum absolute atomic E-state index is 4.21. The second-order valence-corrected chi connectivity index (χ2v) is 4.61. The summed E-state index contributed by atoms with van der Waals surface area (Å²) in [5, 5.41) is 3.48. The molecule has 3 heteroatoms. The first kappa shape index (κ1) is 12.8. The van der Waals surface area contributed by atoms with Gasteiger partial charge >= 0.3 is 0 Å². The van der Waals surface area contributed by atoms with Crippen LogP contribution in [0.5, 0.6) is 0 Å². The van der Waals surface area contributed by atoms with Gasteiger partial charge in [-0.3, -0.25) is 0 Å². The summed E-state index contributed by atoms with van der Waals surface area (Å²) in [4.78, 5) is 4.21. The van der Waals surface area contributed by atoms with Crippen LogP contribution in [0.1, 0.15) is 30.2 Å². The molecule has 0 aliphatic carbocycles. The predicted octanol–water partition coefficient (Wildman–Crippen LogP) is 2.89. The highest BCUT2D eigenvalue weighted by Gasteiger charge is 2.01. The van der Waals surface area contributed by atoms with Crippen LogP contribution in [0.25, 0.3) is 0 Å². The Labute approximate surface area is 109 Å². The molecule has 0 amide bonds. The normalized spacial score (nSPS) is 10.8.